The van der Waals surface area contributed by atoms with Gasteiger partial charge in [-0.3, -0.25) is 14.6 Å². The van der Waals surface area contributed by atoms with Crippen LogP contribution in [0.5, 0.6) is 17.2 Å². The maximum Gasteiger partial charge on any atom is 0.271 e. The lowest BCUT2D eigenvalue weighted by Gasteiger charge is -2.36. The van der Waals surface area contributed by atoms with Gasteiger partial charge in [0.05, 0.1) is 48.8 Å². The third-order valence-corrected chi connectivity index (χ3v) is 6.95. The third-order valence-electron chi connectivity index (χ3n) is 5.78. The zero-order valence-corrected chi connectivity index (χ0v) is 19.6. The van der Waals surface area contributed by atoms with Crippen molar-refractivity contribution in [1.29, 1.82) is 0 Å². The number of methoxy groups -OCH3 is 3. The minimum Gasteiger partial charge on any atom is -0.493 e. The standard InChI is InChI=1S/C22H29N3O5S/c1-12-23-20-17(21(26)24-25(20)14-7-8-30-22(2,3)11-14)19(31-12)13-9-15(27-4)18(29-6)16(10-13)28-5/h9-10,14,19H,7-8,11H2,1-6H3,(H,24,26)/t14-,19+/m1/s1. The molecule has 3 heterocycles. The van der Waals surface area contributed by atoms with Crippen LogP contribution < -0.4 is 19.8 Å². The number of rotatable bonds is 5. The molecule has 0 saturated carbocycles. The van der Waals surface area contributed by atoms with Crippen LogP contribution in [0.1, 0.15) is 56.0 Å². The van der Waals surface area contributed by atoms with E-state index in [4.69, 9.17) is 23.9 Å². The van der Waals surface area contributed by atoms with Gasteiger partial charge in [-0.25, -0.2) is 4.99 Å². The molecule has 2 atom stereocenters. The van der Waals surface area contributed by atoms with Crippen molar-refractivity contribution in [2.24, 2.45) is 4.99 Å². The number of aliphatic imine (C=N–C) groups is 1. The lowest BCUT2D eigenvalue weighted by atomic mass is 9.94. The Hall–Kier alpha value is -2.39. The molecule has 1 fully saturated rings. The van der Waals surface area contributed by atoms with Crippen molar-refractivity contribution in [3.63, 3.8) is 0 Å². The molecule has 168 valence electrons. The molecule has 0 bridgehead atoms. The monoisotopic (exact) mass is 447 g/mol. The number of aromatic amines is 1. The van der Waals surface area contributed by atoms with Crippen molar-refractivity contribution in [2.45, 2.75) is 50.5 Å². The molecule has 0 spiro atoms. The first-order valence-electron chi connectivity index (χ1n) is 10.3. The highest BCUT2D eigenvalue weighted by Crippen LogP contribution is 2.49. The first kappa shape index (κ1) is 21.8. The van der Waals surface area contributed by atoms with E-state index in [0.717, 1.165) is 23.4 Å². The Bertz CT molecular complexity index is 1050. The van der Waals surface area contributed by atoms with Crippen LogP contribution in [0.4, 0.5) is 5.82 Å². The molecule has 4 rings (SSSR count). The first-order valence-corrected chi connectivity index (χ1v) is 11.2. The molecule has 0 aliphatic carbocycles. The molecule has 8 nitrogen and oxygen atoms in total. The molecule has 2 aliphatic heterocycles. The number of thioether (sulfide) groups is 1. The van der Waals surface area contributed by atoms with Gasteiger partial charge < -0.3 is 18.9 Å². The number of fused-ring (bicyclic) bond motifs is 1. The number of H-pyrrole nitrogens is 1. The zero-order valence-electron chi connectivity index (χ0n) is 18.8. The van der Waals surface area contributed by atoms with Crippen molar-refractivity contribution in [3.05, 3.63) is 33.6 Å². The van der Waals surface area contributed by atoms with Gasteiger partial charge in [0.1, 0.15) is 0 Å². The Balaban J connectivity index is 1.82. The summed E-state index contributed by atoms with van der Waals surface area (Å²) in [6, 6.07) is 3.92. The largest absolute Gasteiger partial charge is 0.493 e. The van der Waals surface area contributed by atoms with Gasteiger partial charge >= 0.3 is 0 Å². The summed E-state index contributed by atoms with van der Waals surface area (Å²) in [5.74, 6) is 2.33. The van der Waals surface area contributed by atoms with Crippen LogP contribution in [0.2, 0.25) is 0 Å². The van der Waals surface area contributed by atoms with Gasteiger partial charge in [-0.1, -0.05) is 11.8 Å². The molecule has 0 unspecified atom stereocenters. The second-order valence-electron chi connectivity index (χ2n) is 8.39. The Labute approximate surface area is 185 Å². The van der Waals surface area contributed by atoms with Gasteiger partial charge in [0.2, 0.25) is 5.75 Å². The van der Waals surface area contributed by atoms with Crippen molar-refractivity contribution in [1.82, 2.24) is 9.78 Å². The predicted molar refractivity (Wildman–Crippen MR) is 122 cm³/mol. The van der Waals surface area contributed by atoms with E-state index in [9.17, 15) is 4.79 Å². The van der Waals surface area contributed by atoms with Crippen LogP contribution >= 0.6 is 11.8 Å². The summed E-state index contributed by atoms with van der Waals surface area (Å²) in [4.78, 5) is 17.9. The SMILES string of the molecule is COc1cc([C@@H]2SC(C)=Nc3c2c(=O)[nH]n3[C@@H]2CCOC(C)(C)C2)cc(OC)c1OC. The molecule has 1 aromatic heterocycles. The number of benzene rings is 1. The fourth-order valence-electron chi connectivity index (χ4n) is 4.38. The van der Waals surface area contributed by atoms with Crippen LogP contribution in [-0.2, 0) is 4.74 Å². The van der Waals surface area contributed by atoms with Crippen LogP contribution in [0, 0.1) is 0 Å². The maximum absolute atomic E-state index is 13.1. The van der Waals surface area contributed by atoms with Crippen LogP contribution in [0.25, 0.3) is 0 Å². The Morgan fingerprint density at radius 3 is 2.45 bits per heavy atom. The molecule has 0 amide bonds. The summed E-state index contributed by atoms with van der Waals surface area (Å²) in [7, 11) is 4.75. The molecule has 1 aromatic carbocycles. The van der Waals surface area contributed by atoms with Gasteiger partial charge in [0.15, 0.2) is 17.3 Å². The number of hydrogen-bond donors (Lipinski definition) is 1. The average molecular weight is 448 g/mol. The van der Waals surface area contributed by atoms with E-state index < -0.39 is 0 Å². The minimum absolute atomic E-state index is 0.123. The number of nitrogens with zero attached hydrogens (tertiary/aromatic N) is 2. The van der Waals surface area contributed by atoms with Crippen molar-refractivity contribution >= 4 is 22.6 Å². The molecule has 1 saturated heterocycles. The molecular formula is C22H29N3O5S. The smallest absolute Gasteiger partial charge is 0.271 e. The summed E-state index contributed by atoms with van der Waals surface area (Å²) < 4.78 is 24.3. The molecule has 31 heavy (non-hydrogen) atoms. The number of aromatic nitrogens is 2. The molecule has 2 aromatic rings. The van der Waals surface area contributed by atoms with E-state index in [0.29, 0.717) is 35.2 Å². The summed E-state index contributed by atoms with van der Waals surface area (Å²) in [5, 5.41) is 3.72. The maximum atomic E-state index is 13.1. The van der Waals surface area contributed by atoms with Gasteiger partial charge in [0, 0.05) is 6.61 Å². The molecule has 1 N–H and O–H groups in total. The number of hydrogen-bond acceptors (Lipinski definition) is 7. The summed E-state index contributed by atoms with van der Waals surface area (Å²) >= 11 is 1.55. The summed E-state index contributed by atoms with van der Waals surface area (Å²) in [6.07, 6.45) is 1.64. The van der Waals surface area contributed by atoms with Crippen molar-refractivity contribution < 1.29 is 18.9 Å². The molecular weight excluding hydrogens is 418 g/mol. The quantitative estimate of drug-likeness (QED) is 0.739. The molecule has 9 heteroatoms. The lowest BCUT2D eigenvalue weighted by molar-refractivity contribution is -0.0705. The highest BCUT2D eigenvalue weighted by atomic mass is 32.2. The van der Waals surface area contributed by atoms with Crippen LogP contribution in [0.15, 0.2) is 21.9 Å². The summed E-state index contributed by atoms with van der Waals surface area (Å²) in [6.45, 7) is 6.78. The lowest BCUT2D eigenvalue weighted by Crippen LogP contribution is -2.35. The van der Waals surface area contributed by atoms with Gasteiger partial charge in [-0.15, -0.1) is 0 Å². The molecule has 0 radical (unpaired) electrons. The Kier molecular flexibility index (Phi) is 5.83. The number of ether oxygens (including phenoxy) is 4. The van der Waals surface area contributed by atoms with E-state index in [1.165, 1.54) is 0 Å². The van der Waals surface area contributed by atoms with Crippen molar-refractivity contribution in [3.8, 4) is 17.2 Å². The zero-order chi connectivity index (χ0) is 22.3. The minimum atomic E-state index is -0.241. The highest BCUT2D eigenvalue weighted by molar-refractivity contribution is 8.14. The van der Waals surface area contributed by atoms with Gasteiger partial charge in [-0.2, -0.15) is 0 Å². The average Bonchev–Trinajstić information content (AvgIpc) is 3.07. The van der Waals surface area contributed by atoms with Crippen molar-refractivity contribution in [2.75, 3.05) is 27.9 Å². The van der Waals surface area contributed by atoms with Gasteiger partial charge in [0.25, 0.3) is 5.56 Å². The van der Waals surface area contributed by atoms with E-state index >= 15 is 0 Å². The van der Waals surface area contributed by atoms with E-state index in [-0.39, 0.29) is 22.5 Å². The van der Waals surface area contributed by atoms with Gasteiger partial charge in [-0.05, 0) is 51.3 Å². The second kappa shape index (κ2) is 8.27. The fraction of sp³-hybridized carbons (Fsp3) is 0.545. The Morgan fingerprint density at radius 1 is 1.19 bits per heavy atom. The predicted octanol–water partition coefficient (Wildman–Crippen LogP) is 4.22. The third kappa shape index (κ3) is 3.96. The first-order chi connectivity index (χ1) is 14.8. The van der Waals surface area contributed by atoms with Crippen LogP contribution in [0.3, 0.4) is 0 Å². The van der Waals surface area contributed by atoms with E-state index in [1.807, 2.05) is 23.7 Å². The fourth-order valence-corrected chi connectivity index (χ4v) is 5.46. The molecule has 2 aliphatic rings. The van der Waals surface area contributed by atoms with Crippen LogP contribution in [-0.4, -0.2) is 48.4 Å². The topological polar surface area (TPSA) is 87.1 Å². The van der Waals surface area contributed by atoms with E-state index in [2.05, 4.69) is 18.9 Å². The highest BCUT2D eigenvalue weighted by Gasteiger charge is 2.36. The van der Waals surface area contributed by atoms with E-state index in [1.54, 1.807) is 33.1 Å². The summed E-state index contributed by atoms with van der Waals surface area (Å²) in [5.41, 5.74) is 1.18. The normalized spacial score (nSPS) is 22.5. The number of nitrogens with one attached hydrogen (secondary N) is 1. The Morgan fingerprint density at radius 2 is 1.87 bits per heavy atom. The second-order valence-corrected chi connectivity index (χ2v) is 9.69.